The lowest BCUT2D eigenvalue weighted by Crippen LogP contribution is -2.09. The molecule has 5 rings (SSSR count). The lowest BCUT2D eigenvalue weighted by Gasteiger charge is -2.13. The molecule has 0 nitrogen and oxygen atoms in total. The second-order valence-electron chi connectivity index (χ2n) is 10.9. The minimum Gasteiger partial charge on any atom is -0.203 e. The molecule has 0 saturated heterocycles. The molecule has 0 bridgehead atoms. The smallest absolute Gasteiger partial charge is 0.170 e. The van der Waals surface area contributed by atoms with Crippen LogP contribution in [-0.2, 0) is 0 Å². The van der Waals surface area contributed by atoms with Gasteiger partial charge in [0.15, 0.2) is 46.5 Å². The van der Waals surface area contributed by atoms with Gasteiger partial charge in [-0.1, -0.05) is 85.0 Å². The summed E-state index contributed by atoms with van der Waals surface area (Å²) in [6.07, 6.45) is 0. The zero-order chi connectivity index (χ0) is 34.6. The molecule has 0 aromatic heterocycles. The Kier molecular flexibility index (Phi) is 11.3. The van der Waals surface area contributed by atoms with Crippen molar-refractivity contribution in [2.75, 3.05) is 0 Å². The minimum atomic E-state index is -2.16. The number of aryl methyl sites for hydroxylation is 2. The van der Waals surface area contributed by atoms with Crippen LogP contribution in [0.5, 0.6) is 0 Å². The van der Waals surface area contributed by atoms with Crippen molar-refractivity contribution in [3.63, 3.8) is 0 Å². The van der Waals surface area contributed by atoms with E-state index in [2.05, 4.69) is 75.5 Å². The lowest BCUT2D eigenvalue weighted by molar-refractivity contribution is 0.433. The van der Waals surface area contributed by atoms with Gasteiger partial charge in [0, 0.05) is 11.1 Å². The summed E-state index contributed by atoms with van der Waals surface area (Å²) >= 11 is 0. The molecule has 0 amide bonds. The second-order valence-corrected chi connectivity index (χ2v) is 10.9. The van der Waals surface area contributed by atoms with Crippen LogP contribution in [0.2, 0.25) is 0 Å². The Bertz CT molecular complexity index is 1770. The van der Waals surface area contributed by atoms with Gasteiger partial charge in [0.05, 0.1) is 11.1 Å². The van der Waals surface area contributed by atoms with E-state index in [-0.39, 0.29) is 0 Å². The summed E-state index contributed by atoms with van der Waals surface area (Å²) in [6.45, 7) is 17.6. The number of rotatable bonds is 3. The average Bonchev–Trinajstić information content (AvgIpc) is 3.03. The van der Waals surface area contributed by atoms with E-state index in [4.69, 9.17) is 0 Å². The highest BCUT2D eigenvalue weighted by molar-refractivity contribution is 5.88. The Balaban J connectivity index is 0.000000203. The molecular formula is C38H32F8. The molecule has 0 aliphatic heterocycles. The van der Waals surface area contributed by atoms with Crippen molar-refractivity contribution in [2.45, 2.75) is 41.5 Å². The van der Waals surface area contributed by atoms with Crippen LogP contribution in [0.25, 0.3) is 33.0 Å². The largest absolute Gasteiger partial charge is 0.203 e. The SMILES string of the molecule is C=C(C)c1ccccc1C(=C)C.Cc1c(F)c(F)c(-c2c(F)c(F)c(C)c(F)c2F)c(F)c1F.Cc1cccc2c(C)cccc12. The van der Waals surface area contributed by atoms with Crippen LogP contribution in [0, 0.1) is 74.2 Å². The fourth-order valence-electron chi connectivity index (χ4n) is 4.77. The van der Waals surface area contributed by atoms with Crippen LogP contribution < -0.4 is 0 Å². The van der Waals surface area contributed by atoms with Crippen molar-refractivity contribution in [1.82, 2.24) is 0 Å². The number of benzene rings is 5. The third kappa shape index (κ3) is 7.06. The predicted molar refractivity (Wildman–Crippen MR) is 170 cm³/mol. The Morgan fingerprint density at radius 2 is 0.696 bits per heavy atom. The highest BCUT2D eigenvalue weighted by Crippen LogP contribution is 2.37. The van der Waals surface area contributed by atoms with E-state index in [0.29, 0.717) is 13.8 Å². The summed E-state index contributed by atoms with van der Waals surface area (Å²) < 4.78 is 109. The van der Waals surface area contributed by atoms with Gasteiger partial charge >= 0.3 is 0 Å². The van der Waals surface area contributed by atoms with Crippen LogP contribution in [0.15, 0.2) is 73.8 Å². The zero-order valence-electron chi connectivity index (χ0n) is 26.2. The maximum atomic E-state index is 13.8. The summed E-state index contributed by atoms with van der Waals surface area (Å²) in [7, 11) is 0. The van der Waals surface area contributed by atoms with Crippen LogP contribution in [-0.4, -0.2) is 0 Å². The molecule has 5 aromatic rings. The van der Waals surface area contributed by atoms with Crippen LogP contribution in [0.3, 0.4) is 0 Å². The lowest BCUT2D eigenvalue weighted by atomic mass is 9.98. The first-order valence-electron chi connectivity index (χ1n) is 14.0. The molecule has 5 aromatic carbocycles. The first-order chi connectivity index (χ1) is 21.5. The number of hydrogen-bond acceptors (Lipinski definition) is 0. The van der Waals surface area contributed by atoms with Gasteiger partial charge in [0.1, 0.15) is 0 Å². The van der Waals surface area contributed by atoms with Crippen molar-refractivity contribution in [3.05, 3.63) is 154 Å². The summed E-state index contributed by atoms with van der Waals surface area (Å²) in [4.78, 5) is 0. The minimum absolute atomic E-state index is 0.684. The van der Waals surface area contributed by atoms with Crippen molar-refractivity contribution in [1.29, 1.82) is 0 Å². The van der Waals surface area contributed by atoms with Gasteiger partial charge in [-0.2, -0.15) is 0 Å². The van der Waals surface area contributed by atoms with Crippen molar-refractivity contribution in [2.24, 2.45) is 0 Å². The summed E-state index contributed by atoms with van der Waals surface area (Å²) in [5.41, 5.74) is 1.44. The first-order valence-corrected chi connectivity index (χ1v) is 14.0. The highest BCUT2D eigenvalue weighted by atomic mass is 19.2. The quantitative estimate of drug-likeness (QED) is 0.136. The summed E-state index contributed by atoms with van der Waals surface area (Å²) in [5.74, 6) is -16.3. The normalized spacial score (nSPS) is 10.6. The Morgan fingerprint density at radius 1 is 0.413 bits per heavy atom. The highest BCUT2D eigenvalue weighted by Gasteiger charge is 2.32. The molecule has 0 spiro atoms. The van der Waals surface area contributed by atoms with Crippen molar-refractivity contribution < 1.29 is 35.1 Å². The van der Waals surface area contributed by atoms with Gasteiger partial charge in [-0.05, 0) is 74.6 Å². The standard InChI is InChI=1S/C14H6F8.C12H12.C12H14/c1-3-7(15)11(19)5(12(20)8(3)16)6-13(21)9(17)4(2)10(18)14(6)22;1-9-5-3-8-12-10(2)6-4-7-11(9)12;1-9(2)11-7-5-6-8-12(11)10(3)4/h1-2H3;3-8H,1-2H3;5-8H,1,3H2,2,4H3. The van der Waals surface area contributed by atoms with E-state index >= 15 is 0 Å². The van der Waals surface area contributed by atoms with E-state index in [0.717, 1.165) is 11.1 Å². The van der Waals surface area contributed by atoms with Gasteiger partial charge in [-0.3, -0.25) is 0 Å². The Morgan fingerprint density at radius 3 is 0.957 bits per heavy atom. The van der Waals surface area contributed by atoms with Gasteiger partial charge in [-0.25, -0.2) is 35.1 Å². The Labute approximate surface area is 263 Å². The van der Waals surface area contributed by atoms with E-state index in [9.17, 15) is 35.1 Å². The number of halogens is 8. The molecule has 0 radical (unpaired) electrons. The monoisotopic (exact) mass is 640 g/mol. The van der Waals surface area contributed by atoms with Crippen molar-refractivity contribution in [3.8, 4) is 11.1 Å². The summed E-state index contributed by atoms with van der Waals surface area (Å²) in [6, 6.07) is 21.1. The number of hydrogen-bond donors (Lipinski definition) is 0. The summed E-state index contributed by atoms with van der Waals surface area (Å²) in [5, 5.41) is 2.75. The Hall–Kier alpha value is -4.72. The molecule has 0 fully saturated rings. The molecular weight excluding hydrogens is 608 g/mol. The van der Waals surface area contributed by atoms with Gasteiger partial charge in [0.25, 0.3) is 0 Å². The molecule has 0 unspecified atom stereocenters. The zero-order valence-corrected chi connectivity index (χ0v) is 26.2. The maximum Gasteiger partial charge on any atom is 0.170 e. The van der Waals surface area contributed by atoms with Crippen molar-refractivity contribution >= 4 is 21.9 Å². The van der Waals surface area contributed by atoms with Crippen LogP contribution in [0.4, 0.5) is 35.1 Å². The first kappa shape index (κ1) is 35.8. The van der Waals surface area contributed by atoms with E-state index < -0.39 is 68.8 Å². The van der Waals surface area contributed by atoms with Crippen LogP contribution >= 0.6 is 0 Å². The molecule has 0 atom stereocenters. The molecule has 0 heterocycles. The third-order valence-corrected chi connectivity index (χ3v) is 7.42. The second kappa shape index (κ2) is 14.6. The van der Waals surface area contributed by atoms with E-state index in [1.54, 1.807) is 0 Å². The van der Waals surface area contributed by atoms with Gasteiger partial charge in [0.2, 0.25) is 0 Å². The molecule has 46 heavy (non-hydrogen) atoms. The van der Waals surface area contributed by atoms with E-state index in [1.165, 1.54) is 33.0 Å². The molecule has 8 heteroatoms. The van der Waals surface area contributed by atoms with E-state index in [1.807, 2.05) is 26.0 Å². The van der Waals surface area contributed by atoms with Gasteiger partial charge < -0.3 is 0 Å². The van der Waals surface area contributed by atoms with Gasteiger partial charge in [-0.15, -0.1) is 0 Å². The maximum absolute atomic E-state index is 13.8. The molecule has 0 N–H and O–H groups in total. The number of fused-ring (bicyclic) bond motifs is 1. The fourth-order valence-corrected chi connectivity index (χ4v) is 4.77. The number of allylic oxidation sites excluding steroid dienone is 2. The molecule has 0 aliphatic rings. The fraction of sp³-hybridized carbons (Fsp3) is 0.158. The average molecular weight is 641 g/mol. The molecule has 0 aliphatic carbocycles. The molecule has 240 valence electrons. The van der Waals surface area contributed by atoms with Crippen LogP contribution in [0.1, 0.15) is 47.2 Å². The topological polar surface area (TPSA) is 0 Å². The predicted octanol–water partition coefficient (Wildman–Crippen LogP) is 12.3. The molecule has 0 saturated carbocycles. The third-order valence-electron chi connectivity index (χ3n) is 7.42.